The van der Waals surface area contributed by atoms with Gasteiger partial charge in [0.15, 0.2) is 5.11 Å². The van der Waals surface area contributed by atoms with E-state index in [4.69, 9.17) is 16.6 Å². The normalized spacial score (nSPS) is 21.5. The molecule has 2 aliphatic rings. The Morgan fingerprint density at radius 3 is 2.59 bits per heavy atom. The fourth-order valence-corrected chi connectivity index (χ4v) is 5.31. The molecule has 3 aromatic rings. The average molecular weight is 449 g/mol. The minimum atomic E-state index is -0.380. The zero-order valence-corrected chi connectivity index (χ0v) is 18.3. The monoisotopic (exact) mass is 448 g/mol. The summed E-state index contributed by atoms with van der Waals surface area (Å²) >= 11 is 5.79. The summed E-state index contributed by atoms with van der Waals surface area (Å²) in [6.07, 6.45) is 7.58. The van der Waals surface area contributed by atoms with E-state index in [0.29, 0.717) is 22.5 Å². The van der Waals surface area contributed by atoms with Gasteiger partial charge in [-0.3, -0.25) is 15.1 Å². The Labute approximate surface area is 191 Å². The zero-order chi connectivity index (χ0) is 22.1. The summed E-state index contributed by atoms with van der Waals surface area (Å²) in [6.45, 7) is 0. The molecule has 2 atom stereocenters. The number of nitrogens with one attached hydrogen (secondary N) is 1. The van der Waals surface area contributed by atoms with E-state index >= 15 is 0 Å². The first-order valence-electron chi connectivity index (χ1n) is 11.0. The maximum Gasteiger partial charge on any atom is 0.280 e. The van der Waals surface area contributed by atoms with Crippen LogP contribution in [0, 0.1) is 10.1 Å². The summed E-state index contributed by atoms with van der Waals surface area (Å²) in [7, 11) is 0. The van der Waals surface area contributed by atoms with Crippen LogP contribution in [0.1, 0.15) is 55.6 Å². The molecule has 32 heavy (non-hydrogen) atoms. The van der Waals surface area contributed by atoms with Crippen LogP contribution in [0.4, 0.5) is 5.69 Å². The maximum atomic E-state index is 11.5. The predicted molar refractivity (Wildman–Crippen MR) is 125 cm³/mol. The van der Waals surface area contributed by atoms with Crippen molar-refractivity contribution in [2.45, 2.75) is 50.2 Å². The van der Waals surface area contributed by atoms with Crippen LogP contribution >= 0.6 is 12.2 Å². The van der Waals surface area contributed by atoms with Gasteiger partial charge in [0, 0.05) is 18.3 Å². The molecule has 0 bridgehead atoms. The lowest BCUT2D eigenvalue weighted by Gasteiger charge is -2.36. The van der Waals surface area contributed by atoms with Crippen LogP contribution in [-0.4, -0.2) is 26.0 Å². The lowest BCUT2D eigenvalue weighted by Crippen LogP contribution is -2.40. The minimum Gasteiger partial charge on any atom is -0.459 e. The summed E-state index contributed by atoms with van der Waals surface area (Å²) in [5, 5.41) is 15.7. The van der Waals surface area contributed by atoms with Crippen molar-refractivity contribution in [3.05, 3.63) is 82.4 Å². The fraction of sp³-hybridized carbons (Fsp3) is 0.333. The highest BCUT2D eigenvalue weighted by Gasteiger charge is 2.44. The fourth-order valence-electron chi connectivity index (χ4n) is 4.92. The molecular formula is C24H24N4O3S. The molecule has 164 valence electrons. The Hall–Kier alpha value is -3.26. The molecule has 3 heterocycles. The number of nitro groups is 1. The van der Waals surface area contributed by atoms with Crippen molar-refractivity contribution in [3.8, 4) is 11.3 Å². The quantitative estimate of drug-likeness (QED) is 0.311. The van der Waals surface area contributed by atoms with Gasteiger partial charge in [-0.05, 0) is 55.4 Å². The third-order valence-corrected chi connectivity index (χ3v) is 6.72. The number of pyridine rings is 1. The van der Waals surface area contributed by atoms with Gasteiger partial charge in [-0.2, -0.15) is 0 Å². The molecule has 1 saturated heterocycles. The average Bonchev–Trinajstić information content (AvgIpc) is 3.44. The molecule has 2 fully saturated rings. The van der Waals surface area contributed by atoms with E-state index in [2.05, 4.69) is 15.2 Å². The number of rotatable bonds is 5. The highest BCUT2D eigenvalue weighted by molar-refractivity contribution is 7.80. The Bertz CT molecular complexity index is 1130. The summed E-state index contributed by atoms with van der Waals surface area (Å²) < 4.78 is 6.29. The Balaban J connectivity index is 1.56. The van der Waals surface area contributed by atoms with Crippen molar-refractivity contribution < 1.29 is 9.34 Å². The second-order valence-corrected chi connectivity index (χ2v) is 8.69. The Morgan fingerprint density at radius 2 is 1.84 bits per heavy atom. The predicted octanol–water partition coefficient (Wildman–Crippen LogP) is 5.56. The second kappa shape index (κ2) is 8.70. The van der Waals surface area contributed by atoms with Gasteiger partial charge in [-0.15, -0.1) is 0 Å². The van der Waals surface area contributed by atoms with Crippen LogP contribution in [0.5, 0.6) is 0 Å². The number of hydrogen-bond acceptors (Lipinski definition) is 5. The smallest absolute Gasteiger partial charge is 0.280 e. The largest absolute Gasteiger partial charge is 0.459 e. The van der Waals surface area contributed by atoms with Crippen molar-refractivity contribution in [3.63, 3.8) is 0 Å². The molecular weight excluding hydrogens is 424 g/mol. The molecule has 1 aromatic carbocycles. The molecule has 1 saturated carbocycles. The molecule has 8 heteroatoms. The van der Waals surface area contributed by atoms with E-state index in [1.54, 1.807) is 24.4 Å². The number of para-hydroxylation sites is 1. The number of benzene rings is 1. The van der Waals surface area contributed by atoms with E-state index in [9.17, 15) is 10.1 Å². The van der Waals surface area contributed by atoms with Gasteiger partial charge < -0.3 is 14.6 Å². The van der Waals surface area contributed by atoms with Gasteiger partial charge >= 0.3 is 0 Å². The van der Waals surface area contributed by atoms with Crippen molar-refractivity contribution in [1.82, 2.24) is 15.2 Å². The molecule has 1 aliphatic carbocycles. The van der Waals surface area contributed by atoms with E-state index < -0.39 is 0 Å². The Morgan fingerprint density at radius 1 is 1.06 bits per heavy atom. The van der Waals surface area contributed by atoms with Gasteiger partial charge in [0.2, 0.25) is 0 Å². The summed E-state index contributed by atoms with van der Waals surface area (Å²) in [5.41, 5.74) is 1.39. The zero-order valence-electron chi connectivity index (χ0n) is 17.5. The van der Waals surface area contributed by atoms with E-state index in [1.165, 1.54) is 25.3 Å². The highest BCUT2D eigenvalue weighted by Crippen LogP contribution is 2.44. The number of furan rings is 1. The highest BCUT2D eigenvalue weighted by atomic mass is 32.1. The Kier molecular flexibility index (Phi) is 5.61. The van der Waals surface area contributed by atoms with Crippen molar-refractivity contribution in [2.75, 3.05) is 0 Å². The van der Waals surface area contributed by atoms with Crippen LogP contribution in [-0.2, 0) is 0 Å². The molecule has 0 amide bonds. The molecule has 0 spiro atoms. The first-order valence-corrected chi connectivity index (χ1v) is 11.4. The van der Waals surface area contributed by atoms with Gasteiger partial charge in [-0.1, -0.05) is 37.5 Å². The third-order valence-electron chi connectivity index (χ3n) is 6.39. The van der Waals surface area contributed by atoms with E-state index in [0.717, 1.165) is 24.3 Å². The first kappa shape index (κ1) is 20.6. The second-order valence-electron chi connectivity index (χ2n) is 8.30. The van der Waals surface area contributed by atoms with Crippen LogP contribution in [0.2, 0.25) is 0 Å². The van der Waals surface area contributed by atoms with Gasteiger partial charge in [0.25, 0.3) is 5.69 Å². The number of nitro benzene ring substituents is 1. The first-order chi connectivity index (χ1) is 15.6. The van der Waals surface area contributed by atoms with Crippen molar-refractivity contribution in [2.24, 2.45) is 0 Å². The van der Waals surface area contributed by atoms with Crippen LogP contribution in [0.3, 0.4) is 0 Å². The number of aromatic nitrogens is 1. The minimum absolute atomic E-state index is 0.0267. The molecule has 7 nitrogen and oxygen atoms in total. The van der Waals surface area contributed by atoms with E-state index in [1.807, 2.05) is 30.3 Å². The summed E-state index contributed by atoms with van der Waals surface area (Å²) in [6, 6.07) is 16.2. The number of thiocarbonyl (C=S) groups is 1. The van der Waals surface area contributed by atoms with Gasteiger partial charge in [0.05, 0.1) is 22.2 Å². The topological polar surface area (TPSA) is 84.4 Å². The SMILES string of the molecule is O=[N+]([O-])c1ccccc1-c1ccc(C2C(c3ccccn3)NC(=S)N2C2CCCCC2)o1. The third kappa shape index (κ3) is 3.75. The molecule has 2 unspecified atom stereocenters. The van der Waals surface area contributed by atoms with Crippen molar-refractivity contribution in [1.29, 1.82) is 0 Å². The summed E-state index contributed by atoms with van der Waals surface area (Å²) in [4.78, 5) is 18.0. The van der Waals surface area contributed by atoms with E-state index in [-0.39, 0.29) is 22.7 Å². The molecule has 1 N–H and O–H groups in total. The molecule has 5 rings (SSSR count). The number of hydrogen-bond donors (Lipinski definition) is 1. The standard InChI is InChI=1S/C24H24N4O3S/c29-28(30)19-12-5-4-10-17(19)20-13-14-21(31-20)23-22(18-11-6-7-15-25-18)26-24(32)27(23)16-8-2-1-3-9-16/h4-7,10-16,22-23H,1-3,8-9H2,(H,26,32). The lowest BCUT2D eigenvalue weighted by atomic mass is 9.92. The summed E-state index contributed by atoms with van der Waals surface area (Å²) in [5.74, 6) is 1.21. The maximum absolute atomic E-state index is 11.5. The lowest BCUT2D eigenvalue weighted by molar-refractivity contribution is -0.384. The van der Waals surface area contributed by atoms with Gasteiger partial charge in [-0.25, -0.2) is 0 Å². The van der Waals surface area contributed by atoms with Crippen LogP contribution in [0.15, 0.2) is 65.2 Å². The molecule has 2 aromatic heterocycles. The number of nitrogens with zero attached hydrogens (tertiary/aromatic N) is 3. The molecule has 0 radical (unpaired) electrons. The van der Waals surface area contributed by atoms with Crippen molar-refractivity contribution >= 4 is 23.0 Å². The molecule has 1 aliphatic heterocycles. The van der Waals surface area contributed by atoms with Crippen LogP contribution in [0.25, 0.3) is 11.3 Å². The van der Waals surface area contributed by atoms with Crippen LogP contribution < -0.4 is 5.32 Å². The van der Waals surface area contributed by atoms with Gasteiger partial charge in [0.1, 0.15) is 17.6 Å².